The van der Waals surface area contributed by atoms with E-state index in [9.17, 15) is 0 Å². The van der Waals surface area contributed by atoms with Crippen molar-refractivity contribution in [3.63, 3.8) is 0 Å². The van der Waals surface area contributed by atoms with E-state index in [-0.39, 0.29) is 0 Å². The fourth-order valence-electron chi connectivity index (χ4n) is 3.06. The largest absolute Gasteiger partial charge is 0.497 e. The first-order valence-electron chi connectivity index (χ1n) is 6.26. The third-order valence-corrected chi connectivity index (χ3v) is 3.98. The fraction of sp³-hybridized carbons (Fsp3) is 0.571. The highest BCUT2D eigenvalue weighted by Gasteiger charge is 2.28. The number of ether oxygens (including phenoxy) is 1. The Morgan fingerprint density at radius 3 is 2.62 bits per heavy atom. The lowest BCUT2D eigenvalue weighted by Crippen LogP contribution is -2.33. The molecule has 0 unspecified atom stereocenters. The van der Waals surface area contributed by atoms with Crippen molar-refractivity contribution in [3.05, 3.63) is 29.3 Å². The summed E-state index contributed by atoms with van der Waals surface area (Å²) in [5.41, 5.74) is 3.02. The monoisotopic (exact) mass is 217 g/mol. The number of nitrogens with zero attached hydrogens (tertiary/aromatic N) is 1. The Bertz CT molecular complexity index is 382. The molecule has 2 nitrogen and oxygen atoms in total. The van der Waals surface area contributed by atoms with Gasteiger partial charge < -0.3 is 4.74 Å². The number of fused-ring (bicyclic) bond motifs is 1. The summed E-state index contributed by atoms with van der Waals surface area (Å²) in [5.74, 6) is 1.00. The molecule has 86 valence electrons. The Morgan fingerprint density at radius 1 is 1.12 bits per heavy atom. The zero-order valence-corrected chi connectivity index (χ0v) is 9.91. The molecule has 16 heavy (non-hydrogen) atoms. The lowest BCUT2D eigenvalue weighted by molar-refractivity contribution is 0.250. The van der Waals surface area contributed by atoms with Crippen LogP contribution in [0.5, 0.6) is 5.75 Å². The second kappa shape index (κ2) is 4.10. The van der Waals surface area contributed by atoms with E-state index in [1.807, 2.05) is 0 Å². The lowest BCUT2D eigenvalue weighted by atomic mass is 10.1. The number of hydrogen-bond donors (Lipinski definition) is 0. The summed E-state index contributed by atoms with van der Waals surface area (Å²) in [6, 6.07) is 7.30. The summed E-state index contributed by atoms with van der Waals surface area (Å²) < 4.78 is 5.29. The maximum atomic E-state index is 5.29. The van der Waals surface area contributed by atoms with Crippen molar-refractivity contribution in [2.75, 3.05) is 20.2 Å². The van der Waals surface area contributed by atoms with E-state index < -0.39 is 0 Å². The molecule has 2 aliphatic rings. The number of hydrogen-bond acceptors (Lipinski definition) is 2. The van der Waals surface area contributed by atoms with Gasteiger partial charge in [-0.25, -0.2) is 0 Å². The molecule has 1 fully saturated rings. The van der Waals surface area contributed by atoms with Gasteiger partial charge in [-0.2, -0.15) is 0 Å². The first-order valence-corrected chi connectivity index (χ1v) is 6.26. The second-order valence-corrected chi connectivity index (χ2v) is 4.94. The van der Waals surface area contributed by atoms with Gasteiger partial charge in [-0.1, -0.05) is 6.07 Å². The van der Waals surface area contributed by atoms with Crippen molar-refractivity contribution in [2.24, 2.45) is 0 Å². The van der Waals surface area contributed by atoms with Gasteiger partial charge >= 0.3 is 0 Å². The van der Waals surface area contributed by atoms with E-state index >= 15 is 0 Å². The molecule has 1 heterocycles. The molecule has 0 spiro atoms. The van der Waals surface area contributed by atoms with Crippen LogP contribution < -0.4 is 4.74 Å². The first-order chi connectivity index (χ1) is 7.86. The standard InChI is InChI=1S/C14H19NO/c1-16-14-5-4-11-8-13(9-12(11)10-14)15-6-2-3-7-15/h4-5,10,13H,2-3,6-9H2,1H3/t13-/m1/s1. The van der Waals surface area contributed by atoms with Gasteiger partial charge in [0.05, 0.1) is 7.11 Å². The molecule has 1 aliphatic heterocycles. The molecule has 0 N–H and O–H groups in total. The minimum absolute atomic E-state index is 0.754. The van der Waals surface area contributed by atoms with E-state index in [0.29, 0.717) is 0 Å². The number of rotatable bonds is 2. The van der Waals surface area contributed by atoms with Crippen LogP contribution in [0.25, 0.3) is 0 Å². The predicted molar refractivity (Wildman–Crippen MR) is 65.0 cm³/mol. The van der Waals surface area contributed by atoms with Crippen LogP contribution in [0.3, 0.4) is 0 Å². The topological polar surface area (TPSA) is 12.5 Å². The Hall–Kier alpha value is -1.02. The third kappa shape index (κ3) is 1.71. The zero-order valence-electron chi connectivity index (χ0n) is 9.91. The summed E-state index contributed by atoms with van der Waals surface area (Å²) in [6.07, 6.45) is 5.22. The Balaban J connectivity index is 1.77. The molecular formula is C14H19NO. The van der Waals surface area contributed by atoms with Crippen molar-refractivity contribution in [2.45, 2.75) is 31.7 Å². The lowest BCUT2D eigenvalue weighted by Gasteiger charge is -2.22. The van der Waals surface area contributed by atoms with Crippen LogP contribution in [0.2, 0.25) is 0 Å². The molecule has 1 aromatic rings. The molecule has 3 rings (SSSR count). The van der Waals surface area contributed by atoms with Crippen LogP contribution in [-0.4, -0.2) is 31.1 Å². The fourth-order valence-corrected chi connectivity index (χ4v) is 3.06. The van der Waals surface area contributed by atoms with Gasteiger partial charge in [-0.05, 0) is 62.0 Å². The van der Waals surface area contributed by atoms with Gasteiger partial charge in [0, 0.05) is 6.04 Å². The first kappa shape index (κ1) is 10.2. The average Bonchev–Trinajstić information content (AvgIpc) is 2.96. The van der Waals surface area contributed by atoms with Gasteiger partial charge in [-0.3, -0.25) is 4.90 Å². The Labute approximate surface area is 97.2 Å². The van der Waals surface area contributed by atoms with Crippen LogP contribution in [-0.2, 0) is 12.8 Å². The zero-order chi connectivity index (χ0) is 11.0. The van der Waals surface area contributed by atoms with E-state index in [1.54, 1.807) is 7.11 Å². The smallest absolute Gasteiger partial charge is 0.119 e. The van der Waals surface area contributed by atoms with Crippen molar-refractivity contribution in [1.82, 2.24) is 4.90 Å². The Morgan fingerprint density at radius 2 is 1.88 bits per heavy atom. The molecule has 1 aliphatic carbocycles. The van der Waals surface area contributed by atoms with Crippen molar-refractivity contribution < 1.29 is 4.74 Å². The van der Waals surface area contributed by atoms with Crippen LogP contribution in [0.4, 0.5) is 0 Å². The number of likely N-dealkylation sites (tertiary alicyclic amines) is 1. The average molecular weight is 217 g/mol. The molecule has 0 saturated carbocycles. The molecule has 0 amide bonds. The molecule has 0 bridgehead atoms. The quantitative estimate of drug-likeness (QED) is 0.753. The van der Waals surface area contributed by atoms with E-state index in [2.05, 4.69) is 23.1 Å². The Kier molecular flexibility index (Phi) is 2.60. The summed E-state index contributed by atoms with van der Waals surface area (Å²) in [7, 11) is 1.74. The minimum atomic E-state index is 0.754. The van der Waals surface area contributed by atoms with E-state index in [4.69, 9.17) is 4.74 Å². The summed E-state index contributed by atoms with van der Waals surface area (Å²) in [6.45, 7) is 2.60. The van der Waals surface area contributed by atoms with E-state index in [1.165, 1.54) is 49.9 Å². The van der Waals surface area contributed by atoms with Crippen molar-refractivity contribution in [1.29, 1.82) is 0 Å². The van der Waals surface area contributed by atoms with Crippen molar-refractivity contribution in [3.8, 4) is 5.75 Å². The third-order valence-electron chi connectivity index (χ3n) is 3.98. The maximum absolute atomic E-state index is 5.29. The van der Waals surface area contributed by atoms with Crippen LogP contribution in [0, 0.1) is 0 Å². The van der Waals surface area contributed by atoms with Gasteiger partial charge in [0.25, 0.3) is 0 Å². The van der Waals surface area contributed by atoms with Gasteiger partial charge in [0.1, 0.15) is 5.75 Å². The van der Waals surface area contributed by atoms with Gasteiger partial charge in [0.15, 0.2) is 0 Å². The maximum Gasteiger partial charge on any atom is 0.119 e. The van der Waals surface area contributed by atoms with Gasteiger partial charge in [-0.15, -0.1) is 0 Å². The highest BCUT2D eigenvalue weighted by Crippen LogP contribution is 2.30. The van der Waals surface area contributed by atoms with Crippen LogP contribution in [0.1, 0.15) is 24.0 Å². The molecule has 1 saturated heterocycles. The normalized spacial score (nSPS) is 24.7. The predicted octanol–water partition coefficient (Wildman–Crippen LogP) is 2.26. The number of methoxy groups -OCH3 is 1. The number of benzene rings is 1. The SMILES string of the molecule is COc1ccc2c(c1)C[C@H](N1CCCC1)C2. The second-order valence-electron chi connectivity index (χ2n) is 4.94. The molecule has 2 heteroatoms. The van der Waals surface area contributed by atoms with Crippen LogP contribution >= 0.6 is 0 Å². The molecule has 0 radical (unpaired) electrons. The summed E-state index contributed by atoms with van der Waals surface area (Å²) >= 11 is 0. The summed E-state index contributed by atoms with van der Waals surface area (Å²) in [4.78, 5) is 2.66. The highest BCUT2D eigenvalue weighted by atomic mass is 16.5. The molecule has 0 aromatic heterocycles. The van der Waals surface area contributed by atoms with Crippen LogP contribution in [0.15, 0.2) is 18.2 Å². The molecule has 1 atom stereocenters. The van der Waals surface area contributed by atoms with E-state index in [0.717, 1.165) is 11.8 Å². The van der Waals surface area contributed by atoms with Crippen molar-refractivity contribution >= 4 is 0 Å². The van der Waals surface area contributed by atoms with Gasteiger partial charge in [0.2, 0.25) is 0 Å². The molecular weight excluding hydrogens is 198 g/mol. The highest BCUT2D eigenvalue weighted by molar-refractivity contribution is 5.40. The minimum Gasteiger partial charge on any atom is -0.497 e. The molecule has 1 aromatic carbocycles. The summed E-state index contributed by atoms with van der Waals surface area (Å²) in [5, 5.41) is 0.